The van der Waals surface area contributed by atoms with E-state index in [-0.39, 0.29) is 0 Å². The van der Waals surface area contributed by atoms with Crippen molar-refractivity contribution in [3.8, 4) is 0 Å². The summed E-state index contributed by atoms with van der Waals surface area (Å²) >= 11 is 6.20. The van der Waals surface area contributed by atoms with Crippen LogP contribution in [-0.4, -0.2) is 45.9 Å². The van der Waals surface area contributed by atoms with Crippen LogP contribution in [0.1, 0.15) is 31.4 Å². The van der Waals surface area contributed by atoms with E-state index in [1.54, 1.807) is 4.68 Å². The van der Waals surface area contributed by atoms with Crippen LogP contribution in [0.25, 0.3) is 10.9 Å². The molecule has 8 heteroatoms. The van der Waals surface area contributed by atoms with Gasteiger partial charge in [0.15, 0.2) is 0 Å². The Morgan fingerprint density at radius 1 is 1.10 bits per heavy atom. The van der Waals surface area contributed by atoms with Gasteiger partial charge in [0.2, 0.25) is 5.95 Å². The van der Waals surface area contributed by atoms with Crippen molar-refractivity contribution in [3.05, 3.63) is 41.2 Å². The molecule has 1 aliphatic carbocycles. The summed E-state index contributed by atoms with van der Waals surface area (Å²) in [4.78, 5) is 11.5. The molecular weight excluding hydrogens is 386 g/mol. The molecular formula is C21H28ClN7. The Balaban J connectivity index is 1.35. The van der Waals surface area contributed by atoms with Gasteiger partial charge in [-0.05, 0) is 37.8 Å². The molecule has 0 bridgehead atoms. The van der Waals surface area contributed by atoms with Gasteiger partial charge in [0.1, 0.15) is 5.82 Å². The standard InChI is InChI=1S/C21H28ClN7/c1-28(2)20-16-6-4-5-7-18(16)25-21(26-20)24-15-10-8-14(9-11-15)23-12-19-17(22)13-29(3)27-19/h4-7,13-15,23H,8-12H2,1-3H3,(H,24,25,26)/t14-,15+. The van der Waals surface area contributed by atoms with E-state index >= 15 is 0 Å². The summed E-state index contributed by atoms with van der Waals surface area (Å²) < 4.78 is 1.76. The maximum absolute atomic E-state index is 6.20. The predicted octanol–water partition coefficient (Wildman–Crippen LogP) is 3.60. The van der Waals surface area contributed by atoms with Gasteiger partial charge in [0.05, 0.1) is 16.2 Å². The molecule has 1 fully saturated rings. The predicted molar refractivity (Wildman–Crippen MR) is 119 cm³/mol. The number of aryl methyl sites for hydroxylation is 1. The number of benzene rings is 1. The number of para-hydroxylation sites is 1. The van der Waals surface area contributed by atoms with E-state index in [0.29, 0.717) is 24.6 Å². The molecule has 2 heterocycles. The highest BCUT2D eigenvalue weighted by molar-refractivity contribution is 6.31. The lowest BCUT2D eigenvalue weighted by Crippen LogP contribution is -2.37. The third kappa shape index (κ3) is 4.62. The Kier molecular flexibility index (Phi) is 5.87. The molecule has 3 aromatic rings. The molecule has 0 saturated heterocycles. The fraction of sp³-hybridized carbons (Fsp3) is 0.476. The van der Waals surface area contributed by atoms with Crippen molar-refractivity contribution in [2.24, 2.45) is 7.05 Å². The third-order valence-electron chi connectivity index (χ3n) is 5.48. The van der Waals surface area contributed by atoms with E-state index in [1.807, 2.05) is 50.4 Å². The van der Waals surface area contributed by atoms with Crippen LogP contribution in [0, 0.1) is 0 Å². The molecule has 2 aromatic heterocycles. The molecule has 29 heavy (non-hydrogen) atoms. The van der Waals surface area contributed by atoms with Crippen molar-refractivity contribution in [2.75, 3.05) is 24.3 Å². The number of hydrogen-bond acceptors (Lipinski definition) is 6. The Bertz CT molecular complexity index is 976. The molecule has 0 amide bonds. The average Bonchev–Trinajstić information content (AvgIpc) is 3.03. The van der Waals surface area contributed by atoms with Crippen LogP contribution < -0.4 is 15.5 Å². The zero-order chi connectivity index (χ0) is 20.4. The molecule has 0 spiro atoms. The minimum Gasteiger partial charge on any atom is -0.362 e. The lowest BCUT2D eigenvalue weighted by Gasteiger charge is -2.30. The van der Waals surface area contributed by atoms with Crippen LogP contribution >= 0.6 is 11.6 Å². The van der Waals surface area contributed by atoms with Gasteiger partial charge < -0.3 is 15.5 Å². The zero-order valence-corrected chi connectivity index (χ0v) is 17.9. The molecule has 0 aliphatic heterocycles. The molecule has 0 atom stereocenters. The lowest BCUT2D eigenvalue weighted by molar-refractivity contribution is 0.350. The van der Waals surface area contributed by atoms with E-state index in [1.165, 1.54) is 0 Å². The molecule has 0 radical (unpaired) electrons. The Hall–Kier alpha value is -2.38. The summed E-state index contributed by atoms with van der Waals surface area (Å²) in [7, 11) is 5.93. The van der Waals surface area contributed by atoms with Crippen LogP contribution in [0.3, 0.4) is 0 Å². The molecule has 1 aliphatic rings. The van der Waals surface area contributed by atoms with Gasteiger partial charge in [0, 0.05) is 51.4 Å². The van der Waals surface area contributed by atoms with Crippen molar-refractivity contribution in [3.63, 3.8) is 0 Å². The molecule has 4 rings (SSSR count). The molecule has 7 nitrogen and oxygen atoms in total. The molecule has 2 N–H and O–H groups in total. The van der Waals surface area contributed by atoms with Crippen molar-refractivity contribution in [2.45, 2.75) is 44.3 Å². The Morgan fingerprint density at radius 2 is 1.83 bits per heavy atom. The molecule has 154 valence electrons. The maximum atomic E-state index is 6.20. The Morgan fingerprint density at radius 3 is 2.52 bits per heavy atom. The first-order valence-electron chi connectivity index (χ1n) is 10.1. The highest BCUT2D eigenvalue weighted by Crippen LogP contribution is 2.26. The Labute approximate surface area is 176 Å². The molecule has 0 unspecified atom stereocenters. The van der Waals surface area contributed by atoms with Gasteiger partial charge in [-0.3, -0.25) is 4.68 Å². The summed E-state index contributed by atoms with van der Waals surface area (Å²) in [5.41, 5.74) is 1.88. The van der Waals surface area contributed by atoms with Crippen LogP contribution in [0.5, 0.6) is 0 Å². The summed E-state index contributed by atoms with van der Waals surface area (Å²) in [6.45, 7) is 0.711. The van der Waals surface area contributed by atoms with Crippen LogP contribution in [0.4, 0.5) is 11.8 Å². The van der Waals surface area contributed by atoms with E-state index < -0.39 is 0 Å². The maximum Gasteiger partial charge on any atom is 0.225 e. The fourth-order valence-corrected chi connectivity index (χ4v) is 4.20. The number of nitrogens with zero attached hydrogens (tertiary/aromatic N) is 5. The second-order valence-electron chi connectivity index (χ2n) is 7.95. The van der Waals surface area contributed by atoms with E-state index in [0.717, 1.165) is 53.1 Å². The van der Waals surface area contributed by atoms with E-state index in [4.69, 9.17) is 21.6 Å². The first-order valence-corrected chi connectivity index (χ1v) is 10.5. The highest BCUT2D eigenvalue weighted by atomic mass is 35.5. The van der Waals surface area contributed by atoms with Crippen LogP contribution in [0.2, 0.25) is 5.02 Å². The van der Waals surface area contributed by atoms with Gasteiger partial charge in [-0.15, -0.1) is 0 Å². The summed E-state index contributed by atoms with van der Waals surface area (Å²) in [5.74, 6) is 1.66. The molecule has 1 aromatic carbocycles. The van der Waals surface area contributed by atoms with Crippen molar-refractivity contribution >= 4 is 34.3 Å². The number of nitrogens with one attached hydrogen (secondary N) is 2. The van der Waals surface area contributed by atoms with Crippen molar-refractivity contribution in [1.29, 1.82) is 0 Å². The van der Waals surface area contributed by atoms with Gasteiger partial charge in [-0.1, -0.05) is 23.7 Å². The first-order chi connectivity index (χ1) is 14.0. The number of fused-ring (bicyclic) bond motifs is 1. The van der Waals surface area contributed by atoms with Crippen molar-refractivity contribution < 1.29 is 0 Å². The lowest BCUT2D eigenvalue weighted by atomic mass is 9.91. The minimum atomic E-state index is 0.391. The third-order valence-corrected chi connectivity index (χ3v) is 5.80. The first kappa shape index (κ1) is 19.9. The second kappa shape index (κ2) is 8.55. The van der Waals surface area contributed by atoms with E-state index in [9.17, 15) is 0 Å². The zero-order valence-electron chi connectivity index (χ0n) is 17.2. The summed E-state index contributed by atoms with van der Waals surface area (Å²) in [6, 6.07) is 9.03. The SMILES string of the molecule is CN(C)c1nc(N[C@H]2CC[C@@H](NCc3nn(C)cc3Cl)CC2)nc2ccccc12. The monoisotopic (exact) mass is 413 g/mol. The van der Waals surface area contributed by atoms with Gasteiger partial charge in [-0.25, -0.2) is 4.98 Å². The normalized spacial score (nSPS) is 19.4. The van der Waals surface area contributed by atoms with Crippen LogP contribution in [0.15, 0.2) is 30.5 Å². The minimum absolute atomic E-state index is 0.391. The van der Waals surface area contributed by atoms with Gasteiger partial charge in [0.25, 0.3) is 0 Å². The number of hydrogen-bond donors (Lipinski definition) is 2. The number of rotatable bonds is 6. The quantitative estimate of drug-likeness (QED) is 0.643. The van der Waals surface area contributed by atoms with Gasteiger partial charge >= 0.3 is 0 Å². The average molecular weight is 414 g/mol. The van der Waals surface area contributed by atoms with Crippen molar-refractivity contribution in [1.82, 2.24) is 25.1 Å². The largest absolute Gasteiger partial charge is 0.362 e. The van der Waals surface area contributed by atoms with Gasteiger partial charge in [-0.2, -0.15) is 10.1 Å². The number of halogens is 1. The fourth-order valence-electron chi connectivity index (χ4n) is 3.96. The molecule has 1 saturated carbocycles. The number of anilines is 2. The smallest absolute Gasteiger partial charge is 0.225 e. The summed E-state index contributed by atoms with van der Waals surface area (Å²) in [5, 5.41) is 13.4. The highest BCUT2D eigenvalue weighted by Gasteiger charge is 2.22. The second-order valence-corrected chi connectivity index (χ2v) is 8.36. The summed E-state index contributed by atoms with van der Waals surface area (Å²) in [6.07, 6.45) is 6.22. The number of aromatic nitrogens is 4. The topological polar surface area (TPSA) is 70.9 Å². The van der Waals surface area contributed by atoms with E-state index in [2.05, 4.69) is 21.8 Å². The van der Waals surface area contributed by atoms with Crippen LogP contribution in [-0.2, 0) is 13.6 Å².